The van der Waals surface area contributed by atoms with Crippen molar-refractivity contribution >= 4 is 33.6 Å². The van der Waals surface area contributed by atoms with Crippen molar-refractivity contribution in [2.75, 3.05) is 6.54 Å². The van der Waals surface area contributed by atoms with Crippen LogP contribution in [-0.4, -0.2) is 6.54 Å². The van der Waals surface area contributed by atoms with Crippen molar-refractivity contribution in [3.63, 3.8) is 0 Å². The van der Waals surface area contributed by atoms with E-state index < -0.39 is 0 Å². The molecule has 0 bridgehead atoms. The number of hydrogen-bond acceptors (Lipinski definition) is 2. The summed E-state index contributed by atoms with van der Waals surface area (Å²) >= 11 is 2.33. The second-order valence-electron chi connectivity index (χ2n) is 3.97. The number of nitrogens with one attached hydrogen (secondary N) is 1. The fraction of sp³-hybridized carbons (Fsp3) is 0.385. The standard InChI is InChI=1S/C13H16INO/c1-3-6-15-8-13-9(2)11-7-10(14)4-5-12(11)16-13/h4-5,7,15H,3,6,8H2,1-2H3. The van der Waals surface area contributed by atoms with Gasteiger partial charge in [-0.1, -0.05) is 6.92 Å². The van der Waals surface area contributed by atoms with Crippen LogP contribution in [-0.2, 0) is 6.54 Å². The second-order valence-corrected chi connectivity index (χ2v) is 5.21. The Morgan fingerprint density at radius 2 is 2.19 bits per heavy atom. The van der Waals surface area contributed by atoms with E-state index in [0.29, 0.717) is 0 Å². The van der Waals surface area contributed by atoms with Gasteiger partial charge in [0.15, 0.2) is 0 Å². The fourth-order valence-electron chi connectivity index (χ4n) is 1.79. The van der Waals surface area contributed by atoms with Crippen molar-refractivity contribution in [3.8, 4) is 0 Å². The SMILES string of the molecule is CCCNCc1oc2ccc(I)cc2c1C. The average Bonchev–Trinajstić information content (AvgIpc) is 2.57. The lowest BCUT2D eigenvalue weighted by Crippen LogP contribution is -2.13. The van der Waals surface area contributed by atoms with Crippen LogP contribution < -0.4 is 5.32 Å². The Morgan fingerprint density at radius 1 is 1.38 bits per heavy atom. The normalized spacial score (nSPS) is 11.2. The maximum Gasteiger partial charge on any atom is 0.134 e. The third kappa shape index (κ3) is 2.40. The smallest absolute Gasteiger partial charge is 0.134 e. The van der Waals surface area contributed by atoms with E-state index in [2.05, 4.69) is 53.9 Å². The molecule has 2 rings (SSSR count). The predicted molar refractivity (Wildman–Crippen MR) is 75.7 cm³/mol. The summed E-state index contributed by atoms with van der Waals surface area (Å²) in [6.07, 6.45) is 1.15. The minimum absolute atomic E-state index is 0.824. The third-order valence-corrected chi connectivity index (χ3v) is 3.38. The largest absolute Gasteiger partial charge is 0.459 e. The highest BCUT2D eigenvalue weighted by Gasteiger charge is 2.09. The Labute approximate surface area is 110 Å². The number of aryl methyl sites for hydroxylation is 1. The van der Waals surface area contributed by atoms with Crippen molar-refractivity contribution in [1.82, 2.24) is 5.32 Å². The summed E-state index contributed by atoms with van der Waals surface area (Å²) in [5.74, 6) is 1.06. The molecular weight excluding hydrogens is 313 g/mol. The number of rotatable bonds is 4. The van der Waals surface area contributed by atoms with Crippen LogP contribution in [0.3, 0.4) is 0 Å². The molecule has 0 saturated carbocycles. The Bertz CT molecular complexity index is 490. The van der Waals surface area contributed by atoms with Gasteiger partial charge in [0.25, 0.3) is 0 Å². The molecule has 0 amide bonds. The minimum atomic E-state index is 0.824. The van der Waals surface area contributed by atoms with Crippen LogP contribution >= 0.6 is 22.6 Å². The zero-order valence-corrected chi connectivity index (χ0v) is 11.8. The molecule has 0 aliphatic heterocycles. The first kappa shape index (κ1) is 11.9. The van der Waals surface area contributed by atoms with E-state index in [1.165, 1.54) is 14.5 Å². The van der Waals surface area contributed by atoms with E-state index in [-0.39, 0.29) is 0 Å². The number of furan rings is 1. The highest BCUT2D eigenvalue weighted by Crippen LogP contribution is 2.26. The Kier molecular flexibility index (Phi) is 3.86. The molecule has 86 valence electrons. The van der Waals surface area contributed by atoms with Gasteiger partial charge in [-0.05, 0) is 66.2 Å². The first-order valence-corrected chi connectivity index (χ1v) is 6.68. The van der Waals surface area contributed by atoms with E-state index in [1.807, 2.05) is 6.07 Å². The zero-order chi connectivity index (χ0) is 11.5. The maximum absolute atomic E-state index is 5.83. The van der Waals surface area contributed by atoms with Crippen molar-refractivity contribution in [2.24, 2.45) is 0 Å². The van der Waals surface area contributed by atoms with Gasteiger partial charge >= 0.3 is 0 Å². The summed E-state index contributed by atoms with van der Waals surface area (Å²) in [6, 6.07) is 6.31. The van der Waals surface area contributed by atoms with Gasteiger partial charge < -0.3 is 9.73 Å². The number of benzene rings is 1. The molecule has 0 radical (unpaired) electrons. The van der Waals surface area contributed by atoms with Crippen LogP contribution in [0.1, 0.15) is 24.7 Å². The predicted octanol–water partition coefficient (Wildman–Crippen LogP) is 3.85. The molecule has 0 spiro atoms. The van der Waals surface area contributed by atoms with E-state index >= 15 is 0 Å². The van der Waals surface area contributed by atoms with Crippen LogP contribution in [0.25, 0.3) is 11.0 Å². The van der Waals surface area contributed by atoms with Gasteiger partial charge in [-0.15, -0.1) is 0 Å². The lowest BCUT2D eigenvalue weighted by molar-refractivity contribution is 0.510. The molecule has 2 aromatic rings. The molecule has 0 unspecified atom stereocenters. The van der Waals surface area contributed by atoms with E-state index in [9.17, 15) is 0 Å². The lowest BCUT2D eigenvalue weighted by atomic mass is 10.1. The first-order valence-electron chi connectivity index (χ1n) is 5.60. The topological polar surface area (TPSA) is 25.2 Å². The Morgan fingerprint density at radius 3 is 2.94 bits per heavy atom. The van der Waals surface area contributed by atoms with Crippen LogP contribution in [0.4, 0.5) is 0 Å². The molecule has 16 heavy (non-hydrogen) atoms. The van der Waals surface area contributed by atoms with Crippen LogP contribution in [0.15, 0.2) is 22.6 Å². The second kappa shape index (κ2) is 5.19. The molecular formula is C13H16INO. The van der Waals surface area contributed by atoms with Gasteiger partial charge in [0.1, 0.15) is 11.3 Å². The first-order chi connectivity index (χ1) is 7.72. The van der Waals surface area contributed by atoms with Gasteiger partial charge in [-0.2, -0.15) is 0 Å². The van der Waals surface area contributed by atoms with Crippen molar-refractivity contribution in [3.05, 3.63) is 33.1 Å². The van der Waals surface area contributed by atoms with Crippen LogP contribution in [0.5, 0.6) is 0 Å². The van der Waals surface area contributed by atoms with Crippen molar-refractivity contribution < 1.29 is 4.42 Å². The molecule has 1 aromatic carbocycles. The Hall–Kier alpha value is -0.550. The molecule has 1 aromatic heterocycles. The third-order valence-electron chi connectivity index (χ3n) is 2.71. The average molecular weight is 329 g/mol. The molecule has 0 saturated heterocycles. The van der Waals surface area contributed by atoms with Gasteiger partial charge in [0.2, 0.25) is 0 Å². The molecule has 3 heteroatoms. The molecule has 0 fully saturated rings. The molecule has 0 aliphatic rings. The number of halogens is 1. The molecule has 1 heterocycles. The molecule has 2 nitrogen and oxygen atoms in total. The summed E-state index contributed by atoms with van der Waals surface area (Å²) in [7, 11) is 0. The number of fused-ring (bicyclic) bond motifs is 1. The summed E-state index contributed by atoms with van der Waals surface area (Å²) in [5, 5.41) is 4.61. The summed E-state index contributed by atoms with van der Waals surface area (Å²) in [4.78, 5) is 0. The summed E-state index contributed by atoms with van der Waals surface area (Å²) < 4.78 is 7.09. The van der Waals surface area contributed by atoms with Gasteiger partial charge in [0, 0.05) is 8.96 Å². The highest BCUT2D eigenvalue weighted by molar-refractivity contribution is 14.1. The fourth-order valence-corrected chi connectivity index (χ4v) is 2.28. The number of hydrogen-bond donors (Lipinski definition) is 1. The van der Waals surface area contributed by atoms with Crippen molar-refractivity contribution in [2.45, 2.75) is 26.8 Å². The summed E-state index contributed by atoms with van der Waals surface area (Å²) in [6.45, 7) is 6.16. The highest BCUT2D eigenvalue weighted by atomic mass is 127. The van der Waals surface area contributed by atoms with E-state index in [1.54, 1.807) is 0 Å². The summed E-state index contributed by atoms with van der Waals surface area (Å²) in [5.41, 5.74) is 2.25. The Balaban J connectivity index is 2.29. The van der Waals surface area contributed by atoms with E-state index in [0.717, 1.165) is 30.9 Å². The van der Waals surface area contributed by atoms with Crippen molar-refractivity contribution in [1.29, 1.82) is 0 Å². The van der Waals surface area contributed by atoms with Crippen LogP contribution in [0.2, 0.25) is 0 Å². The van der Waals surface area contributed by atoms with Gasteiger partial charge in [0.05, 0.1) is 6.54 Å². The van der Waals surface area contributed by atoms with Gasteiger partial charge in [-0.25, -0.2) is 0 Å². The monoisotopic (exact) mass is 329 g/mol. The van der Waals surface area contributed by atoms with Crippen LogP contribution in [0, 0.1) is 10.5 Å². The van der Waals surface area contributed by atoms with Gasteiger partial charge in [-0.3, -0.25) is 0 Å². The zero-order valence-electron chi connectivity index (χ0n) is 9.64. The molecule has 0 atom stereocenters. The quantitative estimate of drug-likeness (QED) is 0.681. The maximum atomic E-state index is 5.83. The van der Waals surface area contributed by atoms with E-state index in [4.69, 9.17) is 4.42 Å². The molecule has 1 N–H and O–H groups in total. The minimum Gasteiger partial charge on any atom is -0.459 e. The lowest BCUT2D eigenvalue weighted by Gasteiger charge is -2.00. The molecule has 0 aliphatic carbocycles.